The van der Waals surface area contributed by atoms with Gasteiger partial charge >= 0.3 is 18.3 Å². The van der Waals surface area contributed by atoms with Crippen LogP contribution in [0.2, 0.25) is 0 Å². The van der Waals surface area contributed by atoms with E-state index in [0.29, 0.717) is 5.69 Å². The minimum Gasteiger partial charge on any atom is -0.451 e. The van der Waals surface area contributed by atoms with Gasteiger partial charge < -0.3 is 14.2 Å². The number of carbonyl (C=O) groups excluding carboxylic acids is 2. The fourth-order valence-electron chi connectivity index (χ4n) is 1.33. The Morgan fingerprint density at radius 1 is 1.32 bits per heavy atom. The molecule has 100 valence electrons. The van der Waals surface area contributed by atoms with Crippen molar-refractivity contribution in [1.29, 1.82) is 0 Å². The molecule has 1 aromatic heterocycles. The number of carbonyl (C=O) groups is 2. The smallest absolute Gasteiger partial charge is 0.451 e. The number of anilines is 1. The predicted molar refractivity (Wildman–Crippen MR) is 62.8 cm³/mol. The molecule has 0 aromatic carbocycles. The van der Waals surface area contributed by atoms with Gasteiger partial charge in [-0.1, -0.05) is 0 Å². The Bertz CT molecular complexity index is 544. The first-order chi connectivity index (χ1) is 9.15. The number of aliphatic imine (C=N–C) groups is 1. The van der Waals surface area contributed by atoms with E-state index in [2.05, 4.69) is 24.9 Å². The van der Waals surface area contributed by atoms with E-state index in [1.165, 1.54) is 13.3 Å². The van der Waals surface area contributed by atoms with Gasteiger partial charge in [-0.05, 0) is 12.1 Å². The van der Waals surface area contributed by atoms with Crippen molar-refractivity contribution in [3.8, 4) is 0 Å². The fourth-order valence-corrected chi connectivity index (χ4v) is 1.33. The molecular formula is C10H10N4O5. The highest BCUT2D eigenvalue weighted by atomic mass is 16.7. The van der Waals surface area contributed by atoms with Crippen molar-refractivity contribution in [2.45, 2.75) is 0 Å². The quantitative estimate of drug-likeness (QED) is 0.697. The molecule has 1 amide bonds. The van der Waals surface area contributed by atoms with Gasteiger partial charge in [0.05, 0.1) is 14.2 Å². The molecule has 0 aliphatic carbocycles. The summed E-state index contributed by atoms with van der Waals surface area (Å²) in [5.74, 6) is 0.200. The maximum atomic E-state index is 11.6. The van der Waals surface area contributed by atoms with Gasteiger partial charge in [-0.15, -0.1) is 0 Å². The lowest BCUT2D eigenvalue weighted by Gasteiger charge is -2.26. The molecule has 0 saturated heterocycles. The number of nitrogens with zero attached hydrogens (tertiary/aromatic N) is 3. The van der Waals surface area contributed by atoms with Crippen LogP contribution in [0.25, 0.3) is 0 Å². The van der Waals surface area contributed by atoms with E-state index in [0.717, 1.165) is 12.1 Å². The van der Waals surface area contributed by atoms with Crippen molar-refractivity contribution in [1.82, 2.24) is 10.4 Å². The summed E-state index contributed by atoms with van der Waals surface area (Å²) < 4.78 is 13.6. The molecule has 1 N–H and O–H groups in total. The number of ether oxygens (including phenoxy) is 3. The number of aromatic nitrogens is 1. The Labute approximate surface area is 107 Å². The average Bonchev–Trinajstić information content (AvgIpc) is 2.45. The van der Waals surface area contributed by atoms with Crippen molar-refractivity contribution >= 4 is 29.8 Å². The summed E-state index contributed by atoms with van der Waals surface area (Å²) in [5, 5.41) is 1.01. The Morgan fingerprint density at radius 2 is 2.11 bits per heavy atom. The van der Waals surface area contributed by atoms with Gasteiger partial charge in [0.1, 0.15) is 5.69 Å². The number of fused-ring (bicyclic) bond motifs is 1. The summed E-state index contributed by atoms with van der Waals surface area (Å²) in [4.78, 5) is 30.5. The number of rotatable bonds is 0. The summed E-state index contributed by atoms with van der Waals surface area (Å²) in [6, 6.07) is 2.98. The number of methoxy groups -OCH3 is 2. The molecule has 0 bridgehead atoms. The molecule has 0 spiro atoms. The number of amidine groups is 1. The van der Waals surface area contributed by atoms with Gasteiger partial charge in [0.2, 0.25) is 0 Å². The standard InChI is InChI=1S/C10H10N4O5/c1-17-9(15)14-6-4-3-5-11-7(6)12-8(13-14)19-10(16)18-2/h3-5H,1-2H3,(H,11,12,13). The molecule has 0 fully saturated rings. The average molecular weight is 266 g/mol. The Kier molecular flexibility index (Phi) is 3.46. The Morgan fingerprint density at radius 3 is 2.79 bits per heavy atom. The minimum atomic E-state index is -0.976. The van der Waals surface area contributed by atoms with Crippen LogP contribution in [0.5, 0.6) is 0 Å². The number of pyridine rings is 1. The van der Waals surface area contributed by atoms with Crippen LogP contribution < -0.4 is 10.4 Å². The summed E-state index contributed by atoms with van der Waals surface area (Å²) >= 11 is 0. The molecule has 9 nitrogen and oxygen atoms in total. The van der Waals surface area contributed by atoms with Crippen molar-refractivity contribution in [2.24, 2.45) is 4.99 Å². The molecule has 19 heavy (non-hydrogen) atoms. The van der Waals surface area contributed by atoms with Gasteiger partial charge in [-0.3, -0.25) is 0 Å². The summed E-state index contributed by atoms with van der Waals surface area (Å²) in [5.41, 5.74) is 2.84. The van der Waals surface area contributed by atoms with E-state index < -0.39 is 12.2 Å². The number of hydrogen-bond donors (Lipinski definition) is 1. The number of amides is 1. The third-order valence-corrected chi connectivity index (χ3v) is 2.13. The van der Waals surface area contributed by atoms with Gasteiger partial charge in [0, 0.05) is 6.20 Å². The molecule has 0 unspecified atom stereocenters. The first kappa shape index (κ1) is 12.6. The first-order valence-electron chi connectivity index (χ1n) is 5.10. The normalized spacial score (nSPS) is 12.7. The molecule has 0 atom stereocenters. The summed E-state index contributed by atoms with van der Waals surface area (Å²) in [7, 11) is 2.36. The SMILES string of the molecule is COC(=O)OC1=Nc2ncccc2N(C(=O)OC)N1. The molecule has 2 rings (SSSR count). The van der Waals surface area contributed by atoms with E-state index in [1.807, 2.05) is 0 Å². The van der Waals surface area contributed by atoms with Crippen LogP contribution in [0.15, 0.2) is 23.3 Å². The second-order valence-electron chi connectivity index (χ2n) is 3.24. The predicted octanol–water partition coefficient (Wildman–Crippen LogP) is 0.943. The van der Waals surface area contributed by atoms with Crippen LogP contribution in [-0.2, 0) is 14.2 Å². The van der Waals surface area contributed by atoms with E-state index >= 15 is 0 Å². The highest BCUT2D eigenvalue weighted by Gasteiger charge is 2.27. The lowest BCUT2D eigenvalue weighted by molar-refractivity contribution is 0.115. The van der Waals surface area contributed by atoms with Crippen LogP contribution in [0.4, 0.5) is 21.1 Å². The molecule has 1 aliphatic rings. The number of hydrogen-bond acceptors (Lipinski definition) is 8. The summed E-state index contributed by atoms with van der Waals surface area (Å²) in [6.45, 7) is 0. The zero-order chi connectivity index (χ0) is 13.8. The molecular weight excluding hydrogens is 256 g/mol. The lowest BCUT2D eigenvalue weighted by Crippen LogP contribution is -2.49. The van der Waals surface area contributed by atoms with Crippen molar-refractivity contribution < 1.29 is 23.8 Å². The van der Waals surface area contributed by atoms with E-state index in [4.69, 9.17) is 4.74 Å². The van der Waals surface area contributed by atoms with Gasteiger partial charge in [-0.2, -0.15) is 10.0 Å². The zero-order valence-corrected chi connectivity index (χ0v) is 10.1. The van der Waals surface area contributed by atoms with E-state index in [9.17, 15) is 9.59 Å². The maximum Gasteiger partial charge on any atom is 0.516 e. The van der Waals surface area contributed by atoms with Crippen LogP contribution >= 0.6 is 0 Å². The zero-order valence-electron chi connectivity index (χ0n) is 10.1. The van der Waals surface area contributed by atoms with Crippen LogP contribution in [0.3, 0.4) is 0 Å². The van der Waals surface area contributed by atoms with Gasteiger partial charge in [0.25, 0.3) is 0 Å². The van der Waals surface area contributed by atoms with Crippen LogP contribution in [0, 0.1) is 0 Å². The third kappa shape index (κ3) is 2.54. The van der Waals surface area contributed by atoms with Crippen molar-refractivity contribution in [3.63, 3.8) is 0 Å². The molecule has 9 heteroatoms. The highest BCUT2D eigenvalue weighted by molar-refractivity contribution is 5.99. The molecule has 0 radical (unpaired) electrons. The maximum absolute atomic E-state index is 11.6. The Balaban J connectivity index is 2.34. The van der Waals surface area contributed by atoms with Crippen molar-refractivity contribution in [3.05, 3.63) is 18.3 Å². The largest absolute Gasteiger partial charge is 0.516 e. The first-order valence-corrected chi connectivity index (χ1v) is 5.10. The van der Waals surface area contributed by atoms with E-state index in [1.54, 1.807) is 12.1 Å². The lowest BCUT2D eigenvalue weighted by atomic mass is 10.3. The number of hydrazine groups is 1. The van der Waals surface area contributed by atoms with Crippen molar-refractivity contribution in [2.75, 3.05) is 19.2 Å². The molecule has 1 aliphatic heterocycles. The third-order valence-electron chi connectivity index (χ3n) is 2.13. The molecule has 2 heterocycles. The highest BCUT2D eigenvalue weighted by Crippen LogP contribution is 2.28. The summed E-state index contributed by atoms with van der Waals surface area (Å²) in [6.07, 6.45) is -0.204. The van der Waals surface area contributed by atoms with E-state index in [-0.39, 0.29) is 11.8 Å². The van der Waals surface area contributed by atoms with Crippen LogP contribution in [0.1, 0.15) is 0 Å². The second-order valence-corrected chi connectivity index (χ2v) is 3.24. The second kappa shape index (κ2) is 5.21. The monoisotopic (exact) mass is 266 g/mol. The van der Waals surface area contributed by atoms with Crippen LogP contribution in [-0.4, -0.2) is 37.5 Å². The topological polar surface area (TPSA) is 102 Å². The molecule has 1 aromatic rings. The Hall–Kier alpha value is -2.84. The fraction of sp³-hybridized carbons (Fsp3) is 0.200. The molecule has 0 saturated carbocycles. The number of nitrogens with one attached hydrogen (secondary N) is 1. The van der Waals surface area contributed by atoms with Gasteiger partial charge in [0.15, 0.2) is 5.82 Å². The minimum absolute atomic E-state index is 0.200. The van der Waals surface area contributed by atoms with Gasteiger partial charge in [-0.25, -0.2) is 20.0 Å².